The molecule has 0 aromatic heterocycles. The number of aromatic hydroxyl groups is 2. The summed E-state index contributed by atoms with van der Waals surface area (Å²) in [5.74, 6) is 0.385. The smallest absolute Gasteiger partial charge is 0.178 e. The summed E-state index contributed by atoms with van der Waals surface area (Å²) >= 11 is 0. The molecule has 2 N–H and O–H groups in total. The molecule has 0 saturated carbocycles. The van der Waals surface area contributed by atoms with Crippen molar-refractivity contribution in [3.8, 4) is 11.5 Å². The van der Waals surface area contributed by atoms with E-state index in [1.807, 2.05) is 21.1 Å². The van der Waals surface area contributed by atoms with Gasteiger partial charge in [-0.05, 0) is 12.1 Å². The normalized spacial score (nSPS) is 11.6. The Morgan fingerprint density at radius 3 is 2.08 bits per heavy atom. The molecule has 0 fully saturated rings. The summed E-state index contributed by atoms with van der Waals surface area (Å²) in [6.45, 7) is 0. The van der Waals surface area contributed by atoms with E-state index in [1.165, 1.54) is 12.1 Å². The average Bonchev–Trinajstić information content (AvgIpc) is 1.92. The number of hydrogen-bond donors (Lipinski definition) is 2. The molecule has 1 aromatic carbocycles. The van der Waals surface area contributed by atoms with Crippen LogP contribution >= 0.6 is 0 Å². The first-order chi connectivity index (χ1) is 5.41. The molecule has 0 amide bonds. The third-order valence-electron chi connectivity index (χ3n) is 1.68. The number of rotatable bonds is 1. The molecule has 0 atom stereocenters. The van der Waals surface area contributed by atoms with E-state index < -0.39 is 0 Å². The minimum Gasteiger partial charge on any atom is -0.508 e. The van der Waals surface area contributed by atoms with E-state index in [0.717, 1.165) is 0 Å². The lowest BCUT2D eigenvalue weighted by molar-refractivity contribution is 0.418. The Hall–Kier alpha value is -1.22. The van der Waals surface area contributed by atoms with Gasteiger partial charge in [0, 0.05) is 6.07 Å². The number of phenols is 2. The zero-order valence-electron chi connectivity index (χ0n) is 7.57. The summed E-state index contributed by atoms with van der Waals surface area (Å²) in [4.78, 5) is 0. The van der Waals surface area contributed by atoms with Crippen LogP contribution in [0.3, 0.4) is 0 Å². The standard InChI is InChI=1S/C9H13NO2/c1-10(2,3)8-6-7(11)4-5-9(8)12/h4-6H,1-3H3,(H-,11,12)/p+1. The van der Waals surface area contributed by atoms with Gasteiger partial charge in [0.1, 0.15) is 5.75 Å². The van der Waals surface area contributed by atoms with Crippen molar-refractivity contribution in [3.05, 3.63) is 18.2 Å². The zero-order chi connectivity index (χ0) is 9.35. The number of hydrogen-bond acceptors (Lipinski definition) is 2. The summed E-state index contributed by atoms with van der Waals surface area (Å²) in [5.41, 5.74) is 0.704. The Labute approximate surface area is 72.1 Å². The highest BCUT2D eigenvalue weighted by Crippen LogP contribution is 2.32. The van der Waals surface area contributed by atoms with Gasteiger partial charge in [0.2, 0.25) is 0 Å². The fourth-order valence-electron chi connectivity index (χ4n) is 1.05. The van der Waals surface area contributed by atoms with Crippen LogP contribution in [-0.4, -0.2) is 31.4 Å². The molecule has 1 aromatic rings. The molecular formula is C9H14NO2+. The van der Waals surface area contributed by atoms with Crippen molar-refractivity contribution in [2.75, 3.05) is 21.1 Å². The molecule has 0 unspecified atom stereocenters. The quantitative estimate of drug-likeness (QED) is 0.490. The minimum atomic E-state index is 0.177. The second kappa shape index (κ2) is 2.68. The maximum absolute atomic E-state index is 9.44. The van der Waals surface area contributed by atoms with Crippen LogP contribution in [-0.2, 0) is 0 Å². The lowest BCUT2D eigenvalue weighted by Gasteiger charge is -2.23. The third kappa shape index (κ3) is 1.68. The van der Waals surface area contributed by atoms with E-state index in [-0.39, 0.29) is 11.5 Å². The molecule has 0 heterocycles. The van der Waals surface area contributed by atoms with Gasteiger partial charge in [-0.2, -0.15) is 0 Å². The van der Waals surface area contributed by atoms with Crippen molar-refractivity contribution in [1.82, 2.24) is 4.48 Å². The van der Waals surface area contributed by atoms with Gasteiger partial charge in [0.15, 0.2) is 11.4 Å². The molecule has 0 spiro atoms. The summed E-state index contributed by atoms with van der Waals surface area (Å²) in [6, 6.07) is 4.53. The molecule has 66 valence electrons. The van der Waals surface area contributed by atoms with Crippen molar-refractivity contribution < 1.29 is 10.2 Å². The lowest BCUT2D eigenvalue weighted by atomic mass is 10.2. The predicted octanol–water partition coefficient (Wildman–Crippen LogP) is 1.29. The summed E-state index contributed by atoms with van der Waals surface area (Å²) in [5, 5.41) is 18.6. The fourth-order valence-corrected chi connectivity index (χ4v) is 1.05. The first kappa shape index (κ1) is 8.87. The van der Waals surface area contributed by atoms with Crippen molar-refractivity contribution >= 4 is 5.69 Å². The molecule has 0 radical (unpaired) electrons. The Morgan fingerprint density at radius 2 is 1.67 bits per heavy atom. The van der Waals surface area contributed by atoms with E-state index in [4.69, 9.17) is 0 Å². The van der Waals surface area contributed by atoms with Gasteiger partial charge in [-0.1, -0.05) is 0 Å². The SMILES string of the molecule is C[N+](C)(C)c1cc(O)ccc1O. The van der Waals surface area contributed by atoms with Gasteiger partial charge < -0.3 is 10.2 Å². The van der Waals surface area contributed by atoms with Crippen LogP contribution in [0, 0.1) is 0 Å². The van der Waals surface area contributed by atoms with Gasteiger partial charge in [0.05, 0.1) is 21.1 Å². The van der Waals surface area contributed by atoms with Crippen LogP contribution in [0.2, 0.25) is 0 Å². The van der Waals surface area contributed by atoms with Crippen molar-refractivity contribution in [2.45, 2.75) is 0 Å². The van der Waals surface area contributed by atoms with Crippen molar-refractivity contribution in [1.29, 1.82) is 0 Å². The number of nitrogens with zero attached hydrogens (tertiary/aromatic N) is 1. The van der Waals surface area contributed by atoms with E-state index in [1.54, 1.807) is 6.07 Å². The Bertz CT molecular complexity index is 289. The Morgan fingerprint density at radius 1 is 1.08 bits per heavy atom. The molecule has 1 rings (SSSR count). The molecular weight excluding hydrogens is 154 g/mol. The van der Waals surface area contributed by atoms with Gasteiger partial charge in [-0.15, -0.1) is 0 Å². The maximum Gasteiger partial charge on any atom is 0.178 e. The van der Waals surface area contributed by atoms with E-state index in [9.17, 15) is 10.2 Å². The first-order valence-electron chi connectivity index (χ1n) is 3.75. The molecule has 0 bridgehead atoms. The molecule has 0 aliphatic carbocycles. The second-order valence-corrected chi connectivity index (χ2v) is 3.69. The predicted molar refractivity (Wildman–Crippen MR) is 49.3 cm³/mol. The van der Waals surface area contributed by atoms with Gasteiger partial charge in [0.25, 0.3) is 0 Å². The maximum atomic E-state index is 9.44. The topological polar surface area (TPSA) is 40.5 Å². The van der Waals surface area contributed by atoms with Gasteiger partial charge in [-0.3, -0.25) is 4.48 Å². The molecule has 0 aliphatic heterocycles. The molecule has 0 aliphatic rings. The van der Waals surface area contributed by atoms with Gasteiger partial charge >= 0.3 is 0 Å². The Kier molecular flexibility index (Phi) is 1.98. The lowest BCUT2D eigenvalue weighted by Crippen LogP contribution is -2.34. The van der Waals surface area contributed by atoms with Crippen LogP contribution in [0.1, 0.15) is 0 Å². The van der Waals surface area contributed by atoms with Crippen LogP contribution in [0.15, 0.2) is 18.2 Å². The highest BCUT2D eigenvalue weighted by Gasteiger charge is 2.17. The largest absolute Gasteiger partial charge is 0.508 e. The molecule has 3 nitrogen and oxygen atoms in total. The molecule has 12 heavy (non-hydrogen) atoms. The fraction of sp³-hybridized carbons (Fsp3) is 0.333. The summed E-state index contributed by atoms with van der Waals surface area (Å²) in [7, 11) is 5.78. The summed E-state index contributed by atoms with van der Waals surface area (Å²) in [6.07, 6.45) is 0. The van der Waals surface area contributed by atoms with Crippen LogP contribution in [0.25, 0.3) is 0 Å². The van der Waals surface area contributed by atoms with Crippen molar-refractivity contribution in [2.24, 2.45) is 0 Å². The van der Waals surface area contributed by atoms with Crippen LogP contribution in [0.4, 0.5) is 5.69 Å². The average molecular weight is 168 g/mol. The van der Waals surface area contributed by atoms with Crippen LogP contribution in [0.5, 0.6) is 11.5 Å². The molecule has 0 saturated heterocycles. The van der Waals surface area contributed by atoms with Crippen LogP contribution < -0.4 is 4.48 Å². The molecule has 3 heteroatoms. The van der Waals surface area contributed by atoms with E-state index in [0.29, 0.717) is 10.2 Å². The van der Waals surface area contributed by atoms with E-state index in [2.05, 4.69) is 0 Å². The summed E-state index contributed by atoms with van der Waals surface area (Å²) < 4.78 is 0.486. The number of benzene rings is 1. The highest BCUT2D eigenvalue weighted by molar-refractivity contribution is 5.57. The monoisotopic (exact) mass is 168 g/mol. The minimum absolute atomic E-state index is 0.177. The van der Waals surface area contributed by atoms with Gasteiger partial charge in [-0.25, -0.2) is 0 Å². The second-order valence-electron chi connectivity index (χ2n) is 3.69. The first-order valence-corrected chi connectivity index (χ1v) is 3.75. The highest BCUT2D eigenvalue weighted by atomic mass is 16.3. The number of phenolic OH excluding ortho intramolecular Hbond substituents is 2. The Balaban J connectivity index is 3.23. The zero-order valence-corrected chi connectivity index (χ0v) is 7.57. The third-order valence-corrected chi connectivity index (χ3v) is 1.68. The van der Waals surface area contributed by atoms with Crippen molar-refractivity contribution in [3.63, 3.8) is 0 Å². The van der Waals surface area contributed by atoms with E-state index >= 15 is 0 Å². The number of quaternary nitrogens is 1.